The molecular formula is C34H30FN7O3S2. The third-order valence-corrected chi connectivity index (χ3v) is 9.88. The molecule has 0 atom stereocenters. The van der Waals surface area contributed by atoms with Gasteiger partial charge in [-0.25, -0.2) is 14.1 Å². The highest BCUT2D eigenvalue weighted by atomic mass is 32.2. The smallest absolute Gasteiger partial charge is 0.296 e. The second-order valence-electron chi connectivity index (χ2n) is 11.5. The van der Waals surface area contributed by atoms with Crippen LogP contribution >= 0.6 is 24.0 Å². The molecule has 2 fully saturated rings. The number of thiocarbonyl (C=S) groups is 1. The molecule has 238 valence electrons. The Bertz CT molecular complexity index is 2220. The minimum atomic E-state index is -0.480. The molecule has 13 heteroatoms. The van der Waals surface area contributed by atoms with E-state index in [0.29, 0.717) is 49.0 Å². The van der Waals surface area contributed by atoms with Crippen LogP contribution in [0.1, 0.15) is 16.8 Å². The molecule has 5 aromatic rings. The summed E-state index contributed by atoms with van der Waals surface area (Å²) in [7, 11) is 1.76. The number of nitrogens with zero attached hydrogens (tertiary/aromatic N) is 7. The Labute approximate surface area is 278 Å². The highest BCUT2D eigenvalue weighted by molar-refractivity contribution is 8.27. The van der Waals surface area contributed by atoms with Gasteiger partial charge >= 0.3 is 0 Å². The van der Waals surface area contributed by atoms with Crippen LogP contribution in [0.25, 0.3) is 17.4 Å². The average molecular weight is 668 g/mol. The lowest BCUT2D eigenvalue weighted by Gasteiger charge is -2.37. The largest absolute Gasteiger partial charge is 0.368 e. The second-order valence-corrected chi connectivity index (χ2v) is 13.1. The molecule has 0 radical (unpaired) electrons. The Morgan fingerprint density at radius 2 is 1.53 bits per heavy atom. The minimum Gasteiger partial charge on any atom is -0.368 e. The number of aromatic nitrogens is 4. The van der Waals surface area contributed by atoms with Crippen LogP contribution < -0.4 is 25.8 Å². The number of benzene rings is 2. The van der Waals surface area contributed by atoms with Crippen molar-refractivity contribution in [2.75, 3.05) is 40.9 Å². The number of anilines is 3. The average Bonchev–Trinajstić information content (AvgIpc) is 3.47. The van der Waals surface area contributed by atoms with Gasteiger partial charge in [-0.05, 0) is 68.0 Å². The molecule has 3 aromatic heterocycles. The summed E-state index contributed by atoms with van der Waals surface area (Å²) in [5.41, 5.74) is 3.25. The number of carbonyl (C=O) groups is 1. The molecule has 2 saturated heterocycles. The van der Waals surface area contributed by atoms with Gasteiger partial charge in [0.05, 0.1) is 21.8 Å². The number of rotatable bonds is 5. The number of carbonyl (C=O) groups excluding carboxylic acids is 1. The van der Waals surface area contributed by atoms with Crippen molar-refractivity contribution in [2.45, 2.75) is 13.8 Å². The second kappa shape index (κ2) is 12.0. The third kappa shape index (κ3) is 5.34. The Kier molecular flexibility index (Phi) is 7.80. The van der Waals surface area contributed by atoms with E-state index in [0.717, 1.165) is 23.0 Å². The number of piperazine rings is 1. The maximum Gasteiger partial charge on any atom is 0.296 e. The zero-order valence-electron chi connectivity index (χ0n) is 25.9. The molecule has 0 unspecified atom stereocenters. The normalized spacial score (nSPS) is 16.3. The van der Waals surface area contributed by atoms with Gasteiger partial charge in [0.2, 0.25) is 0 Å². The summed E-state index contributed by atoms with van der Waals surface area (Å²) in [5, 5.41) is 0. The molecule has 0 bridgehead atoms. The maximum absolute atomic E-state index is 14.1. The van der Waals surface area contributed by atoms with Crippen molar-refractivity contribution in [2.24, 2.45) is 7.05 Å². The predicted molar refractivity (Wildman–Crippen MR) is 188 cm³/mol. The molecular weight excluding hydrogens is 638 g/mol. The van der Waals surface area contributed by atoms with Gasteiger partial charge in [0, 0.05) is 45.1 Å². The number of amides is 1. The number of hydrogen-bond donors (Lipinski definition) is 0. The van der Waals surface area contributed by atoms with Crippen molar-refractivity contribution in [3.05, 3.63) is 121 Å². The van der Waals surface area contributed by atoms with Crippen molar-refractivity contribution in [3.8, 4) is 5.69 Å². The van der Waals surface area contributed by atoms with Crippen LogP contribution in [-0.4, -0.2) is 55.2 Å². The van der Waals surface area contributed by atoms with E-state index in [1.165, 1.54) is 26.1 Å². The number of para-hydroxylation sites is 1. The maximum atomic E-state index is 14.1. The molecule has 10 nitrogen and oxygen atoms in total. The Morgan fingerprint density at radius 3 is 2.23 bits per heavy atom. The van der Waals surface area contributed by atoms with E-state index < -0.39 is 5.91 Å². The van der Waals surface area contributed by atoms with Gasteiger partial charge in [0.1, 0.15) is 23.0 Å². The molecule has 0 N–H and O–H groups in total. The number of aryl methyl sites for hydroxylation is 1. The zero-order chi connectivity index (χ0) is 33.0. The first-order valence-electron chi connectivity index (χ1n) is 15.0. The molecule has 2 aliphatic rings. The van der Waals surface area contributed by atoms with Crippen LogP contribution in [0.15, 0.2) is 87.4 Å². The van der Waals surface area contributed by atoms with Crippen LogP contribution in [-0.2, 0) is 11.8 Å². The summed E-state index contributed by atoms with van der Waals surface area (Å²) in [6, 6.07) is 19.3. The highest BCUT2D eigenvalue weighted by Crippen LogP contribution is 2.37. The molecule has 0 spiro atoms. The number of fused-ring (bicyclic) bond motifs is 1. The summed E-state index contributed by atoms with van der Waals surface area (Å²) in [6.45, 7) is 6.02. The lowest BCUT2D eigenvalue weighted by molar-refractivity contribution is -0.113. The van der Waals surface area contributed by atoms with E-state index in [4.69, 9.17) is 17.2 Å². The monoisotopic (exact) mass is 667 g/mol. The van der Waals surface area contributed by atoms with E-state index in [2.05, 4.69) is 4.90 Å². The SMILES string of the molecule is Cc1ccc2nc(N3CCN(c4ccc(F)cc4)CC3)c(/C=C3/SC(=S)N(c4c(C)n(C)n(-c5ccccc5)c4=O)C3=O)c(=O)n2c1. The first kappa shape index (κ1) is 30.6. The molecule has 5 heterocycles. The fourth-order valence-corrected chi connectivity index (χ4v) is 7.30. The van der Waals surface area contributed by atoms with Crippen LogP contribution in [0, 0.1) is 19.7 Å². The van der Waals surface area contributed by atoms with E-state index in [1.54, 1.807) is 49.1 Å². The van der Waals surface area contributed by atoms with Crippen LogP contribution in [0.4, 0.5) is 21.6 Å². The van der Waals surface area contributed by atoms with E-state index in [-0.39, 0.29) is 37.4 Å². The van der Waals surface area contributed by atoms with Crippen molar-refractivity contribution >= 4 is 63.1 Å². The van der Waals surface area contributed by atoms with Crippen molar-refractivity contribution < 1.29 is 9.18 Å². The van der Waals surface area contributed by atoms with Crippen LogP contribution in [0.5, 0.6) is 0 Å². The van der Waals surface area contributed by atoms with E-state index in [9.17, 15) is 18.8 Å². The molecule has 7 rings (SSSR count). The fourth-order valence-electron chi connectivity index (χ4n) is 6.05. The summed E-state index contributed by atoms with van der Waals surface area (Å²) in [4.78, 5) is 52.5. The lowest BCUT2D eigenvalue weighted by Crippen LogP contribution is -2.47. The van der Waals surface area contributed by atoms with Crippen LogP contribution in [0.3, 0.4) is 0 Å². The van der Waals surface area contributed by atoms with Crippen molar-refractivity contribution in [3.63, 3.8) is 0 Å². The first-order valence-corrected chi connectivity index (χ1v) is 16.3. The lowest BCUT2D eigenvalue weighted by atomic mass is 10.2. The summed E-state index contributed by atoms with van der Waals surface area (Å²) in [5.74, 6) is -0.306. The van der Waals surface area contributed by atoms with Crippen molar-refractivity contribution in [1.29, 1.82) is 0 Å². The Balaban J connectivity index is 1.28. The molecule has 1 amide bonds. The fraction of sp³-hybridized carbons (Fsp3) is 0.206. The number of thioether (sulfide) groups is 1. The van der Waals surface area contributed by atoms with Crippen LogP contribution in [0.2, 0.25) is 0 Å². The highest BCUT2D eigenvalue weighted by Gasteiger charge is 2.38. The topological polar surface area (TPSA) is 88.1 Å². The van der Waals surface area contributed by atoms with E-state index in [1.807, 2.05) is 48.2 Å². The Hall–Kier alpha value is -5.01. The number of hydrogen-bond acceptors (Lipinski definition) is 8. The van der Waals surface area contributed by atoms with Gasteiger partial charge in [-0.2, -0.15) is 0 Å². The van der Waals surface area contributed by atoms with Gasteiger partial charge in [-0.3, -0.25) is 28.4 Å². The van der Waals surface area contributed by atoms with Crippen molar-refractivity contribution in [1.82, 2.24) is 18.7 Å². The molecule has 47 heavy (non-hydrogen) atoms. The zero-order valence-corrected chi connectivity index (χ0v) is 27.5. The summed E-state index contributed by atoms with van der Waals surface area (Å²) < 4.78 is 18.4. The standard InChI is InChI=1S/C34H30FN7O3S2/c1-21-9-14-28-36-30(39-17-15-38(16-18-39)24-12-10-23(35)11-13-24)26(31(43)40(28)20-21)19-27-32(44)41(34(46)47-27)29-22(2)37(3)42(33(29)45)25-7-5-4-6-8-25/h4-14,19-20H,15-18H2,1-3H3/b27-19+. The van der Waals surface area contributed by atoms with Gasteiger partial charge in [-0.15, -0.1) is 0 Å². The van der Waals surface area contributed by atoms with Gasteiger partial charge in [-0.1, -0.05) is 48.2 Å². The number of halogens is 1. The first-order chi connectivity index (χ1) is 22.6. The van der Waals surface area contributed by atoms with Gasteiger partial charge in [0.25, 0.3) is 17.0 Å². The third-order valence-electron chi connectivity index (χ3n) is 8.57. The van der Waals surface area contributed by atoms with E-state index >= 15 is 0 Å². The summed E-state index contributed by atoms with van der Waals surface area (Å²) in [6.07, 6.45) is 3.28. The Morgan fingerprint density at radius 1 is 0.851 bits per heavy atom. The predicted octanol–water partition coefficient (Wildman–Crippen LogP) is 4.67. The number of pyridine rings is 1. The molecule has 2 aromatic carbocycles. The summed E-state index contributed by atoms with van der Waals surface area (Å²) >= 11 is 6.71. The quantitative estimate of drug-likeness (QED) is 0.198. The minimum absolute atomic E-state index is 0.170. The van der Waals surface area contributed by atoms with Gasteiger partial charge < -0.3 is 9.80 Å². The molecule has 0 saturated carbocycles. The molecule has 2 aliphatic heterocycles. The van der Waals surface area contributed by atoms with Gasteiger partial charge in [0.15, 0.2) is 4.32 Å². The molecule has 0 aliphatic carbocycles.